The molecule has 4 rings (SSSR count). The van der Waals surface area contributed by atoms with Crippen molar-refractivity contribution >= 4 is 23.6 Å². The number of thioether (sulfide) groups is 1. The van der Waals surface area contributed by atoms with E-state index in [4.69, 9.17) is 6.42 Å². The van der Waals surface area contributed by atoms with Gasteiger partial charge in [0.05, 0.1) is 18.2 Å². The van der Waals surface area contributed by atoms with E-state index >= 15 is 0 Å². The molecule has 2 amide bonds. The largest absolute Gasteiger partial charge is 0.338 e. The summed E-state index contributed by atoms with van der Waals surface area (Å²) >= 11 is 1.74. The van der Waals surface area contributed by atoms with Gasteiger partial charge in [-0.25, -0.2) is 0 Å². The average molecular weight is 448 g/mol. The van der Waals surface area contributed by atoms with E-state index in [1.807, 2.05) is 58.5 Å². The van der Waals surface area contributed by atoms with Crippen LogP contribution in [0.4, 0.5) is 0 Å². The summed E-state index contributed by atoms with van der Waals surface area (Å²) < 4.78 is 0. The zero-order valence-corrected chi connectivity index (χ0v) is 19.2. The molecule has 2 aliphatic rings. The number of benzene rings is 2. The van der Waals surface area contributed by atoms with Crippen molar-refractivity contribution in [3.05, 3.63) is 60.2 Å². The number of nitrogens with one attached hydrogen (secondary N) is 1. The van der Waals surface area contributed by atoms with E-state index < -0.39 is 5.66 Å². The van der Waals surface area contributed by atoms with Gasteiger partial charge in [0.25, 0.3) is 5.91 Å². The molecule has 2 aliphatic heterocycles. The molecular formula is C26H29N3O2S. The number of carbonyl (C=O) groups is 2. The van der Waals surface area contributed by atoms with Gasteiger partial charge in [-0.05, 0) is 41.7 Å². The van der Waals surface area contributed by atoms with Gasteiger partial charge in [0.15, 0.2) is 0 Å². The van der Waals surface area contributed by atoms with Crippen molar-refractivity contribution in [1.82, 2.24) is 15.1 Å². The molecule has 2 aromatic carbocycles. The molecular weight excluding hydrogens is 418 g/mol. The fourth-order valence-electron chi connectivity index (χ4n) is 4.73. The maximum atomic E-state index is 13.1. The molecule has 0 saturated carbocycles. The van der Waals surface area contributed by atoms with Gasteiger partial charge in [-0.3, -0.25) is 14.9 Å². The minimum Gasteiger partial charge on any atom is -0.338 e. The van der Waals surface area contributed by atoms with Crippen LogP contribution in [0.5, 0.6) is 0 Å². The van der Waals surface area contributed by atoms with Crippen molar-refractivity contribution in [2.45, 2.75) is 31.0 Å². The standard InChI is InChI=1S/C26H29N3O2S/c1-3-16-29-25(31)23(13-19-32-2)27-26(29)14-17-28(18-15-26)24(30)22-11-9-21(10-12-22)20-7-5-4-6-8-20/h1,4-12,23,27H,13-19H2,2H3. The Morgan fingerprint density at radius 2 is 1.78 bits per heavy atom. The van der Waals surface area contributed by atoms with Crippen LogP contribution < -0.4 is 5.32 Å². The van der Waals surface area contributed by atoms with Crippen LogP contribution in [-0.4, -0.2) is 65.0 Å². The van der Waals surface area contributed by atoms with Crippen LogP contribution in [0.1, 0.15) is 29.6 Å². The van der Waals surface area contributed by atoms with Gasteiger partial charge in [0.2, 0.25) is 5.91 Å². The van der Waals surface area contributed by atoms with Gasteiger partial charge in [0, 0.05) is 31.5 Å². The lowest BCUT2D eigenvalue weighted by molar-refractivity contribution is -0.132. The summed E-state index contributed by atoms with van der Waals surface area (Å²) in [5, 5.41) is 3.58. The molecule has 2 fully saturated rings. The molecule has 2 saturated heterocycles. The van der Waals surface area contributed by atoms with E-state index in [-0.39, 0.29) is 17.9 Å². The summed E-state index contributed by atoms with van der Waals surface area (Å²) in [6.45, 7) is 1.49. The van der Waals surface area contributed by atoms with Crippen LogP contribution in [0, 0.1) is 12.3 Å². The number of hydrogen-bond donors (Lipinski definition) is 1. The molecule has 32 heavy (non-hydrogen) atoms. The molecule has 6 heteroatoms. The van der Waals surface area contributed by atoms with E-state index in [9.17, 15) is 9.59 Å². The fraction of sp³-hybridized carbons (Fsp3) is 0.385. The number of hydrogen-bond acceptors (Lipinski definition) is 4. The predicted molar refractivity (Wildman–Crippen MR) is 130 cm³/mol. The Hall–Kier alpha value is -2.75. The third kappa shape index (κ3) is 4.41. The maximum Gasteiger partial charge on any atom is 0.253 e. The monoisotopic (exact) mass is 447 g/mol. The van der Waals surface area contributed by atoms with E-state index in [0.29, 0.717) is 38.0 Å². The highest BCUT2D eigenvalue weighted by Crippen LogP contribution is 2.34. The third-order valence-electron chi connectivity index (χ3n) is 6.50. The van der Waals surface area contributed by atoms with E-state index in [2.05, 4.69) is 23.4 Å². The molecule has 0 aromatic heterocycles. The Bertz CT molecular complexity index is 992. The number of carbonyl (C=O) groups excluding carboxylic acids is 2. The van der Waals surface area contributed by atoms with Crippen molar-refractivity contribution in [3.63, 3.8) is 0 Å². The van der Waals surface area contributed by atoms with Crippen LogP contribution in [0.2, 0.25) is 0 Å². The van der Waals surface area contributed by atoms with Crippen molar-refractivity contribution < 1.29 is 9.59 Å². The highest BCUT2D eigenvalue weighted by molar-refractivity contribution is 7.98. The molecule has 166 valence electrons. The first-order chi connectivity index (χ1) is 15.6. The van der Waals surface area contributed by atoms with Gasteiger partial charge in [-0.1, -0.05) is 48.4 Å². The SMILES string of the molecule is C#CCN1C(=O)C(CCSC)NC12CCN(C(=O)c1ccc(-c3ccccc3)cc1)CC2. The van der Waals surface area contributed by atoms with Crippen molar-refractivity contribution in [3.8, 4) is 23.5 Å². The van der Waals surface area contributed by atoms with Gasteiger partial charge in [-0.2, -0.15) is 11.8 Å². The number of likely N-dealkylation sites (tertiary alicyclic amines) is 1. The topological polar surface area (TPSA) is 52.7 Å². The first-order valence-electron chi connectivity index (χ1n) is 11.0. The number of piperidine rings is 1. The quantitative estimate of drug-likeness (QED) is 0.689. The maximum absolute atomic E-state index is 13.1. The lowest BCUT2D eigenvalue weighted by atomic mass is 9.95. The van der Waals surface area contributed by atoms with Crippen LogP contribution >= 0.6 is 11.8 Å². The molecule has 1 N–H and O–H groups in total. The van der Waals surface area contributed by atoms with Gasteiger partial charge in [0.1, 0.15) is 0 Å². The number of rotatable bonds is 6. The smallest absolute Gasteiger partial charge is 0.253 e. The van der Waals surface area contributed by atoms with E-state index in [1.165, 1.54) is 0 Å². The van der Waals surface area contributed by atoms with Crippen LogP contribution in [0.15, 0.2) is 54.6 Å². The first-order valence-corrected chi connectivity index (χ1v) is 12.4. The highest BCUT2D eigenvalue weighted by Gasteiger charge is 2.51. The summed E-state index contributed by atoms with van der Waals surface area (Å²) in [5.41, 5.74) is 2.47. The summed E-state index contributed by atoms with van der Waals surface area (Å²) in [5.74, 6) is 3.69. The number of nitrogens with zero attached hydrogens (tertiary/aromatic N) is 2. The van der Waals surface area contributed by atoms with Gasteiger partial charge >= 0.3 is 0 Å². The van der Waals surface area contributed by atoms with Gasteiger partial charge in [-0.15, -0.1) is 6.42 Å². The van der Waals surface area contributed by atoms with E-state index in [1.54, 1.807) is 11.8 Å². The summed E-state index contributed by atoms with van der Waals surface area (Å²) in [4.78, 5) is 29.8. The zero-order chi connectivity index (χ0) is 22.6. The molecule has 0 bridgehead atoms. The molecule has 1 unspecified atom stereocenters. The van der Waals surface area contributed by atoms with E-state index in [0.717, 1.165) is 23.3 Å². The van der Waals surface area contributed by atoms with Crippen molar-refractivity contribution in [2.24, 2.45) is 0 Å². The lowest BCUT2D eigenvalue weighted by Crippen LogP contribution is -2.59. The zero-order valence-electron chi connectivity index (χ0n) is 18.4. The molecule has 1 spiro atoms. The molecule has 0 aliphatic carbocycles. The second-order valence-corrected chi connectivity index (χ2v) is 9.36. The lowest BCUT2D eigenvalue weighted by Gasteiger charge is -2.44. The minimum absolute atomic E-state index is 0.0335. The van der Waals surface area contributed by atoms with Crippen molar-refractivity contribution in [2.75, 3.05) is 31.6 Å². The Morgan fingerprint density at radius 3 is 2.41 bits per heavy atom. The fourth-order valence-corrected chi connectivity index (χ4v) is 5.20. The number of terminal acetylenes is 1. The molecule has 1 atom stereocenters. The second-order valence-electron chi connectivity index (χ2n) is 8.37. The summed E-state index contributed by atoms with van der Waals surface area (Å²) in [6, 6.07) is 17.7. The molecule has 2 heterocycles. The molecule has 0 radical (unpaired) electrons. The second kappa shape index (κ2) is 9.81. The van der Waals surface area contributed by atoms with Gasteiger partial charge < -0.3 is 9.80 Å². The summed E-state index contributed by atoms with van der Waals surface area (Å²) in [7, 11) is 0. The summed E-state index contributed by atoms with van der Waals surface area (Å²) in [6.07, 6.45) is 9.78. The average Bonchev–Trinajstić information content (AvgIpc) is 3.09. The Morgan fingerprint density at radius 1 is 1.12 bits per heavy atom. The number of amides is 2. The van der Waals surface area contributed by atoms with Crippen LogP contribution in [-0.2, 0) is 4.79 Å². The molecule has 2 aromatic rings. The third-order valence-corrected chi connectivity index (χ3v) is 7.14. The first kappa shape index (κ1) is 22.4. The Labute approximate surface area is 194 Å². The van der Waals surface area contributed by atoms with Crippen molar-refractivity contribution in [1.29, 1.82) is 0 Å². The molecule has 5 nitrogen and oxygen atoms in total. The highest BCUT2D eigenvalue weighted by atomic mass is 32.2. The normalized spacial score (nSPS) is 19.9. The Kier molecular flexibility index (Phi) is 6.88. The van der Waals surface area contributed by atoms with Crippen LogP contribution in [0.3, 0.4) is 0 Å². The Balaban J connectivity index is 1.43. The van der Waals surface area contributed by atoms with Crippen LogP contribution in [0.25, 0.3) is 11.1 Å². The minimum atomic E-state index is -0.444. The predicted octanol–water partition coefficient (Wildman–Crippen LogP) is 3.47.